The van der Waals surface area contributed by atoms with E-state index >= 15 is 0 Å². The predicted molar refractivity (Wildman–Crippen MR) is 69.8 cm³/mol. The van der Waals surface area contributed by atoms with Crippen molar-refractivity contribution in [3.63, 3.8) is 0 Å². The van der Waals surface area contributed by atoms with Crippen LogP contribution in [0.4, 0.5) is 8.78 Å². The van der Waals surface area contributed by atoms with Crippen molar-refractivity contribution < 1.29 is 8.78 Å². The van der Waals surface area contributed by atoms with Gasteiger partial charge in [0.1, 0.15) is 0 Å². The van der Waals surface area contributed by atoms with Crippen molar-refractivity contribution >= 4 is 23.4 Å². The summed E-state index contributed by atoms with van der Waals surface area (Å²) in [5, 5.41) is 0.581. The average molecular weight is 286 g/mol. The predicted octanol–water partition coefficient (Wildman–Crippen LogP) is 4.23. The highest BCUT2D eigenvalue weighted by molar-refractivity contribution is 7.99. The van der Waals surface area contributed by atoms with Gasteiger partial charge in [-0.3, -0.25) is 0 Å². The number of benzene rings is 2. The topological polar surface area (TPSA) is 26.0 Å². The minimum atomic E-state index is -0.865. The Morgan fingerprint density at radius 3 is 2.50 bits per heavy atom. The van der Waals surface area contributed by atoms with E-state index in [4.69, 9.17) is 17.3 Å². The Kier molecular flexibility index (Phi) is 4.22. The molecule has 2 N–H and O–H groups in total. The van der Waals surface area contributed by atoms with Crippen molar-refractivity contribution in [3.05, 3.63) is 58.6 Å². The fourth-order valence-electron chi connectivity index (χ4n) is 1.46. The van der Waals surface area contributed by atoms with E-state index in [1.807, 2.05) is 6.07 Å². The van der Waals surface area contributed by atoms with E-state index in [1.165, 1.54) is 17.8 Å². The molecule has 1 nitrogen and oxygen atoms in total. The lowest BCUT2D eigenvalue weighted by Gasteiger charge is -2.08. The molecule has 94 valence electrons. The van der Waals surface area contributed by atoms with Gasteiger partial charge in [0.15, 0.2) is 11.6 Å². The van der Waals surface area contributed by atoms with Gasteiger partial charge in [-0.2, -0.15) is 0 Å². The number of rotatable bonds is 3. The fourth-order valence-corrected chi connectivity index (χ4v) is 2.72. The van der Waals surface area contributed by atoms with E-state index in [0.717, 1.165) is 22.6 Å². The lowest BCUT2D eigenvalue weighted by molar-refractivity contribution is 0.506. The maximum atomic E-state index is 13.1. The first kappa shape index (κ1) is 13.3. The normalized spacial score (nSPS) is 10.7. The standard InChI is InChI=1S/C13H10ClF2NS/c14-9-2-1-8(7-17)13(5-9)18-10-3-4-11(15)12(16)6-10/h1-6H,7,17H2. The first-order valence-electron chi connectivity index (χ1n) is 5.21. The second-order valence-corrected chi connectivity index (χ2v) is 5.19. The van der Waals surface area contributed by atoms with Crippen LogP contribution in [-0.4, -0.2) is 0 Å². The third-order valence-electron chi connectivity index (χ3n) is 2.37. The molecule has 0 spiro atoms. The third kappa shape index (κ3) is 3.02. The van der Waals surface area contributed by atoms with Crippen LogP contribution in [0.25, 0.3) is 0 Å². The fraction of sp³-hybridized carbons (Fsp3) is 0.0769. The van der Waals surface area contributed by atoms with Gasteiger partial charge in [0.05, 0.1) is 0 Å². The van der Waals surface area contributed by atoms with E-state index in [2.05, 4.69) is 0 Å². The number of hydrogen-bond acceptors (Lipinski definition) is 2. The third-order valence-corrected chi connectivity index (χ3v) is 3.69. The van der Waals surface area contributed by atoms with Crippen LogP contribution >= 0.6 is 23.4 Å². The molecule has 2 aromatic carbocycles. The van der Waals surface area contributed by atoms with Crippen LogP contribution in [0.2, 0.25) is 5.02 Å². The molecule has 0 atom stereocenters. The monoisotopic (exact) mass is 285 g/mol. The van der Waals surface area contributed by atoms with Crippen LogP contribution in [0.5, 0.6) is 0 Å². The molecule has 0 saturated carbocycles. The maximum absolute atomic E-state index is 13.1. The summed E-state index contributed by atoms with van der Waals surface area (Å²) in [6.07, 6.45) is 0. The van der Waals surface area contributed by atoms with Crippen molar-refractivity contribution in [1.82, 2.24) is 0 Å². The van der Waals surface area contributed by atoms with Crippen LogP contribution in [0.15, 0.2) is 46.2 Å². The lowest BCUT2D eigenvalue weighted by atomic mass is 10.2. The molecule has 2 aromatic rings. The Morgan fingerprint density at radius 2 is 1.83 bits per heavy atom. The van der Waals surface area contributed by atoms with Gasteiger partial charge >= 0.3 is 0 Å². The molecule has 0 aliphatic carbocycles. The SMILES string of the molecule is NCc1ccc(Cl)cc1Sc1ccc(F)c(F)c1. The highest BCUT2D eigenvalue weighted by Crippen LogP contribution is 2.33. The summed E-state index contributed by atoms with van der Waals surface area (Å²) in [5.74, 6) is -1.72. The summed E-state index contributed by atoms with van der Waals surface area (Å²) in [7, 11) is 0. The van der Waals surface area contributed by atoms with Crippen LogP contribution in [-0.2, 0) is 6.54 Å². The van der Waals surface area contributed by atoms with Gasteiger partial charge in [0, 0.05) is 21.4 Å². The number of nitrogens with two attached hydrogens (primary N) is 1. The molecule has 0 saturated heterocycles. The molecule has 0 fully saturated rings. The maximum Gasteiger partial charge on any atom is 0.159 e. The Morgan fingerprint density at radius 1 is 1.06 bits per heavy atom. The molecule has 0 unspecified atom stereocenters. The molecule has 0 amide bonds. The zero-order valence-electron chi connectivity index (χ0n) is 9.29. The minimum Gasteiger partial charge on any atom is -0.326 e. The van der Waals surface area contributed by atoms with E-state index in [1.54, 1.807) is 12.1 Å². The Balaban J connectivity index is 2.33. The first-order chi connectivity index (χ1) is 8.60. The Bertz CT molecular complexity index is 575. The van der Waals surface area contributed by atoms with Gasteiger partial charge in [-0.15, -0.1) is 0 Å². The Hall–Kier alpha value is -1.10. The van der Waals surface area contributed by atoms with E-state index < -0.39 is 11.6 Å². The van der Waals surface area contributed by atoms with E-state index in [-0.39, 0.29) is 0 Å². The Labute approximate surface area is 113 Å². The molecule has 2 rings (SSSR count). The van der Waals surface area contributed by atoms with Crippen molar-refractivity contribution in [3.8, 4) is 0 Å². The van der Waals surface area contributed by atoms with Crippen LogP contribution in [0.1, 0.15) is 5.56 Å². The van der Waals surface area contributed by atoms with Gasteiger partial charge in [-0.1, -0.05) is 29.4 Å². The number of halogens is 3. The quantitative estimate of drug-likeness (QED) is 0.913. The van der Waals surface area contributed by atoms with Crippen LogP contribution in [0, 0.1) is 11.6 Å². The van der Waals surface area contributed by atoms with Crippen molar-refractivity contribution in [1.29, 1.82) is 0 Å². The molecule has 0 bridgehead atoms. The minimum absolute atomic E-state index is 0.364. The molecular weight excluding hydrogens is 276 g/mol. The van der Waals surface area contributed by atoms with Gasteiger partial charge in [-0.25, -0.2) is 8.78 Å². The van der Waals surface area contributed by atoms with Gasteiger partial charge in [0.25, 0.3) is 0 Å². The largest absolute Gasteiger partial charge is 0.326 e. The summed E-state index contributed by atoms with van der Waals surface area (Å²) in [4.78, 5) is 1.45. The summed E-state index contributed by atoms with van der Waals surface area (Å²) in [5.41, 5.74) is 6.53. The highest BCUT2D eigenvalue weighted by Gasteiger charge is 2.07. The summed E-state index contributed by atoms with van der Waals surface area (Å²) < 4.78 is 25.9. The summed E-state index contributed by atoms with van der Waals surface area (Å²) in [6, 6.07) is 9.11. The lowest BCUT2D eigenvalue weighted by Crippen LogP contribution is -1.98. The molecular formula is C13H10ClF2NS. The van der Waals surface area contributed by atoms with Gasteiger partial charge < -0.3 is 5.73 Å². The van der Waals surface area contributed by atoms with Crippen LogP contribution in [0.3, 0.4) is 0 Å². The molecule has 5 heteroatoms. The molecule has 18 heavy (non-hydrogen) atoms. The summed E-state index contributed by atoms with van der Waals surface area (Å²) >= 11 is 7.21. The average Bonchev–Trinajstić information content (AvgIpc) is 2.34. The molecule has 0 aliphatic rings. The van der Waals surface area contributed by atoms with E-state index in [9.17, 15) is 8.78 Å². The number of hydrogen-bond donors (Lipinski definition) is 1. The summed E-state index contributed by atoms with van der Waals surface area (Å²) in [6.45, 7) is 0.364. The van der Waals surface area contributed by atoms with Crippen molar-refractivity contribution in [2.75, 3.05) is 0 Å². The van der Waals surface area contributed by atoms with Crippen LogP contribution < -0.4 is 5.73 Å². The molecule has 0 heterocycles. The zero-order chi connectivity index (χ0) is 13.1. The molecule has 0 aromatic heterocycles. The highest BCUT2D eigenvalue weighted by atomic mass is 35.5. The van der Waals surface area contributed by atoms with Gasteiger partial charge in [0.2, 0.25) is 0 Å². The second-order valence-electron chi connectivity index (χ2n) is 3.63. The zero-order valence-corrected chi connectivity index (χ0v) is 10.9. The first-order valence-corrected chi connectivity index (χ1v) is 6.41. The van der Waals surface area contributed by atoms with Gasteiger partial charge in [-0.05, 0) is 35.9 Å². The van der Waals surface area contributed by atoms with E-state index in [0.29, 0.717) is 16.5 Å². The molecule has 0 radical (unpaired) electrons. The molecule has 0 aliphatic heterocycles. The smallest absolute Gasteiger partial charge is 0.159 e. The second kappa shape index (κ2) is 5.69. The van der Waals surface area contributed by atoms with Crippen molar-refractivity contribution in [2.24, 2.45) is 5.73 Å². The van der Waals surface area contributed by atoms with Crippen molar-refractivity contribution in [2.45, 2.75) is 16.3 Å².